The van der Waals surface area contributed by atoms with Gasteiger partial charge in [-0.1, -0.05) is 29.8 Å². The smallest absolute Gasteiger partial charge is 0.274 e. The summed E-state index contributed by atoms with van der Waals surface area (Å²) in [5.74, 6) is -2.73. The molecule has 0 fully saturated rings. The van der Waals surface area contributed by atoms with Gasteiger partial charge >= 0.3 is 0 Å². The number of rotatable bonds is 5. The Morgan fingerprint density at radius 1 is 1.00 bits per heavy atom. The Kier molecular flexibility index (Phi) is 5.74. The second-order valence-corrected chi connectivity index (χ2v) is 6.18. The zero-order chi connectivity index (χ0) is 20.1. The van der Waals surface area contributed by atoms with Crippen LogP contribution < -0.4 is 10.6 Å². The number of hydrogen-bond donors (Lipinski definition) is 2. The van der Waals surface area contributed by atoms with Crippen molar-refractivity contribution in [3.8, 4) is 0 Å². The van der Waals surface area contributed by atoms with E-state index in [1.54, 1.807) is 0 Å². The van der Waals surface area contributed by atoms with Crippen molar-refractivity contribution in [1.82, 2.24) is 10.3 Å². The van der Waals surface area contributed by atoms with Crippen LogP contribution in [0.4, 0.5) is 14.5 Å². The maximum atomic E-state index is 13.7. The van der Waals surface area contributed by atoms with Crippen LogP contribution in [0.15, 0.2) is 60.8 Å². The van der Waals surface area contributed by atoms with Crippen LogP contribution in [0.25, 0.3) is 0 Å². The van der Waals surface area contributed by atoms with Crippen LogP contribution in [-0.4, -0.2) is 16.8 Å². The molecule has 2 aromatic carbocycles. The van der Waals surface area contributed by atoms with Gasteiger partial charge < -0.3 is 10.6 Å². The summed E-state index contributed by atoms with van der Waals surface area (Å²) < 4.78 is 26.6. The van der Waals surface area contributed by atoms with Gasteiger partial charge in [0.2, 0.25) is 0 Å². The first kappa shape index (κ1) is 19.2. The predicted octanol–water partition coefficient (Wildman–Crippen LogP) is 3.85. The molecule has 0 unspecified atom stereocenters. The average Bonchev–Trinajstić information content (AvgIpc) is 2.68. The standard InChI is InChI=1S/C21H17F2N3O2/c1-13-3-2-4-14(9-13)12-25-20(27)15-7-8-24-19(10-15)21(28)26-18-6-5-16(22)11-17(18)23/h2-11H,12H2,1H3,(H,25,27)(H,26,28). The van der Waals surface area contributed by atoms with Crippen molar-refractivity contribution in [3.63, 3.8) is 0 Å². The second-order valence-electron chi connectivity index (χ2n) is 6.18. The predicted molar refractivity (Wildman–Crippen MR) is 101 cm³/mol. The molecule has 0 radical (unpaired) electrons. The maximum absolute atomic E-state index is 13.7. The fourth-order valence-corrected chi connectivity index (χ4v) is 2.58. The molecule has 0 spiro atoms. The van der Waals surface area contributed by atoms with Crippen molar-refractivity contribution in [1.29, 1.82) is 0 Å². The molecular formula is C21H17F2N3O2. The number of pyridine rings is 1. The zero-order valence-corrected chi connectivity index (χ0v) is 15.0. The van der Waals surface area contributed by atoms with Gasteiger partial charge in [-0.3, -0.25) is 14.6 Å². The van der Waals surface area contributed by atoms with Crippen molar-refractivity contribution in [3.05, 3.63) is 94.8 Å². The fourth-order valence-electron chi connectivity index (χ4n) is 2.58. The number of hydrogen-bond acceptors (Lipinski definition) is 3. The second kappa shape index (κ2) is 8.39. The molecule has 7 heteroatoms. The molecule has 2 amide bonds. The lowest BCUT2D eigenvalue weighted by molar-refractivity contribution is 0.0950. The Bertz CT molecular complexity index is 1040. The van der Waals surface area contributed by atoms with E-state index in [0.717, 1.165) is 23.3 Å². The van der Waals surface area contributed by atoms with E-state index in [0.29, 0.717) is 12.6 Å². The summed E-state index contributed by atoms with van der Waals surface area (Å²) in [6.45, 7) is 2.30. The van der Waals surface area contributed by atoms with Crippen LogP contribution in [0.2, 0.25) is 0 Å². The normalized spacial score (nSPS) is 10.4. The van der Waals surface area contributed by atoms with Crippen molar-refractivity contribution >= 4 is 17.5 Å². The molecule has 0 aliphatic heterocycles. The minimum atomic E-state index is -0.902. The summed E-state index contributed by atoms with van der Waals surface area (Å²) in [7, 11) is 0. The molecule has 1 heterocycles. The lowest BCUT2D eigenvalue weighted by atomic mass is 10.1. The molecular weight excluding hydrogens is 364 g/mol. The molecule has 142 valence electrons. The number of carbonyl (C=O) groups is 2. The molecule has 0 saturated carbocycles. The van der Waals surface area contributed by atoms with E-state index in [1.807, 2.05) is 31.2 Å². The zero-order valence-electron chi connectivity index (χ0n) is 15.0. The van der Waals surface area contributed by atoms with Gasteiger partial charge in [0.15, 0.2) is 0 Å². The molecule has 0 aliphatic rings. The highest BCUT2D eigenvalue weighted by atomic mass is 19.1. The van der Waals surface area contributed by atoms with Crippen molar-refractivity contribution < 1.29 is 18.4 Å². The van der Waals surface area contributed by atoms with Gasteiger partial charge in [0.25, 0.3) is 11.8 Å². The van der Waals surface area contributed by atoms with Gasteiger partial charge in [0, 0.05) is 24.4 Å². The Balaban J connectivity index is 1.68. The molecule has 3 aromatic rings. The highest BCUT2D eigenvalue weighted by molar-refractivity contribution is 6.04. The molecule has 0 aliphatic carbocycles. The van der Waals surface area contributed by atoms with Crippen LogP contribution in [0.1, 0.15) is 32.0 Å². The summed E-state index contributed by atoms with van der Waals surface area (Å²) in [5.41, 5.74) is 2.04. The van der Waals surface area contributed by atoms with E-state index >= 15 is 0 Å². The van der Waals surface area contributed by atoms with Crippen LogP contribution in [0, 0.1) is 18.6 Å². The lowest BCUT2D eigenvalue weighted by Crippen LogP contribution is -2.24. The summed E-state index contributed by atoms with van der Waals surface area (Å²) in [4.78, 5) is 28.5. The van der Waals surface area contributed by atoms with Gasteiger partial charge in [-0.25, -0.2) is 8.78 Å². The van der Waals surface area contributed by atoms with Crippen molar-refractivity contribution in [2.24, 2.45) is 0 Å². The molecule has 2 N–H and O–H groups in total. The monoisotopic (exact) mass is 381 g/mol. The third-order valence-corrected chi connectivity index (χ3v) is 3.97. The molecule has 0 atom stereocenters. The summed E-state index contributed by atoms with van der Waals surface area (Å²) >= 11 is 0. The SMILES string of the molecule is Cc1cccc(CNC(=O)c2ccnc(C(=O)Nc3ccc(F)cc3F)c2)c1. The molecule has 1 aromatic heterocycles. The molecule has 28 heavy (non-hydrogen) atoms. The summed E-state index contributed by atoms with van der Waals surface area (Å²) in [5, 5.41) is 5.08. The lowest BCUT2D eigenvalue weighted by Gasteiger charge is -2.08. The van der Waals surface area contributed by atoms with Crippen molar-refractivity contribution in [2.45, 2.75) is 13.5 Å². The minimum Gasteiger partial charge on any atom is -0.348 e. The number of amides is 2. The molecule has 5 nitrogen and oxygen atoms in total. The first-order valence-corrected chi connectivity index (χ1v) is 8.48. The van der Waals surface area contributed by atoms with Crippen LogP contribution in [0.3, 0.4) is 0 Å². The minimum absolute atomic E-state index is 0.0630. The summed E-state index contributed by atoms with van der Waals surface area (Å²) in [6, 6.07) is 13.3. The number of aromatic nitrogens is 1. The Morgan fingerprint density at radius 3 is 2.57 bits per heavy atom. The number of halogens is 2. The summed E-state index contributed by atoms with van der Waals surface area (Å²) in [6.07, 6.45) is 1.32. The van der Waals surface area contributed by atoms with Gasteiger partial charge in [0.1, 0.15) is 17.3 Å². The van der Waals surface area contributed by atoms with E-state index in [4.69, 9.17) is 0 Å². The van der Waals surface area contributed by atoms with Crippen LogP contribution >= 0.6 is 0 Å². The van der Waals surface area contributed by atoms with Gasteiger partial charge in [-0.2, -0.15) is 0 Å². The van der Waals surface area contributed by atoms with Gasteiger partial charge in [-0.05, 0) is 36.8 Å². The number of nitrogens with zero attached hydrogens (tertiary/aromatic N) is 1. The van der Waals surface area contributed by atoms with E-state index in [-0.39, 0.29) is 22.9 Å². The Hall–Kier alpha value is -3.61. The van der Waals surface area contributed by atoms with E-state index < -0.39 is 17.5 Å². The van der Waals surface area contributed by atoms with E-state index in [9.17, 15) is 18.4 Å². The largest absolute Gasteiger partial charge is 0.348 e. The van der Waals surface area contributed by atoms with E-state index in [2.05, 4.69) is 15.6 Å². The van der Waals surface area contributed by atoms with E-state index in [1.165, 1.54) is 18.3 Å². The molecule has 0 bridgehead atoms. The quantitative estimate of drug-likeness (QED) is 0.705. The maximum Gasteiger partial charge on any atom is 0.274 e. The average molecular weight is 381 g/mol. The first-order chi connectivity index (χ1) is 13.4. The number of anilines is 1. The third-order valence-electron chi connectivity index (χ3n) is 3.97. The third kappa shape index (κ3) is 4.76. The van der Waals surface area contributed by atoms with Gasteiger partial charge in [0.05, 0.1) is 5.69 Å². The molecule has 3 rings (SSSR count). The Morgan fingerprint density at radius 2 is 1.82 bits per heavy atom. The van der Waals surface area contributed by atoms with Crippen LogP contribution in [0.5, 0.6) is 0 Å². The first-order valence-electron chi connectivity index (χ1n) is 8.48. The van der Waals surface area contributed by atoms with Crippen molar-refractivity contribution in [2.75, 3.05) is 5.32 Å². The molecule has 0 saturated heterocycles. The number of carbonyl (C=O) groups excluding carboxylic acids is 2. The van der Waals surface area contributed by atoms with Crippen LogP contribution in [-0.2, 0) is 6.54 Å². The fraction of sp³-hybridized carbons (Fsp3) is 0.0952. The Labute approximate surface area is 160 Å². The highest BCUT2D eigenvalue weighted by Gasteiger charge is 2.14. The topological polar surface area (TPSA) is 71.1 Å². The number of benzene rings is 2. The highest BCUT2D eigenvalue weighted by Crippen LogP contribution is 2.16. The van der Waals surface area contributed by atoms with Gasteiger partial charge in [-0.15, -0.1) is 0 Å². The number of nitrogens with one attached hydrogen (secondary N) is 2. The number of aryl methyl sites for hydroxylation is 1.